The molecule has 32 heavy (non-hydrogen) atoms. The minimum atomic E-state index is -1.40. The highest BCUT2D eigenvalue weighted by atomic mass is 16.4. The fourth-order valence-electron chi connectivity index (χ4n) is 3.45. The number of nitrogens with two attached hydrogens (primary N) is 1. The summed E-state index contributed by atoms with van der Waals surface area (Å²) in [5.41, 5.74) is 9.93. The Morgan fingerprint density at radius 2 is 1.59 bits per heavy atom. The molecule has 0 bridgehead atoms. The second-order valence-corrected chi connectivity index (χ2v) is 7.08. The molecule has 0 aromatic heterocycles. The Kier molecular flexibility index (Phi) is 7.23. The van der Waals surface area contributed by atoms with Crippen LogP contribution < -0.4 is 16.0 Å². The summed E-state index contributed by atoms with van der Waals surface area (Å²) in [5.74, 6) is -0.519. The first-order valence-electron chi connectivity index (χ1n) is 10.4. The zero-order valence-electron chi connectivity index (χ0n) is 18.1. The van der Waals surface area contributed by atoms with Gasteiger partial charge in [-0.25, -0.2) is 4.79 Å². The van der Waals surface area contributed by atoms with Crippen molar-refractivity contribution in [3.8, 4) is 11.1 Å². The van der Waals surface area contributed by atoms with E-state index in [1.807, 2.05) is 48.5 Å². The lowest BCUT2D eigenvalue weighted by molar-refractivity contribution is 0.102. The van der Waals surface area contributed by atoms with E-state index in [0.29, 0.717) is 16.8 Å². The molecule has 0 saturated heterocycles. The molecular weight excluding hydrogens is 404 g/mol. The summed E-state index contributed by atoms with van der Waals surface area (Å²) < 4.78 is 0. The lowest BCUT2D eigenvalue weighted by Crippen LogP contribution is -2.22. The number of nitrogens with one attached hydrogen (secondary N) is 1. The molecule has 2 amide bonds. The van der Waals surface area contributed by atoms with Crippen molar-refractivity contribution >= 4 is 29.2 Å². The summed E-state index contributed by atoms with van der Waals surface area (Å²) in [6.07, 6.45) is -1.40. The van der Waals surface area contributed by atoms with Crippen molar-refractivity contribution in [2.24, 2.45) is 10.7 Å². The van der Waals surface area contributed by atoms with E-state index < -0.39 is 6.09 Å². The maximum absolute atomic E-state index is 13.0. The van der Waals surface area contributed by atoms with Crippen molar-refractivity contribution in [2.75, 3.05) is 23.3 Å². The molecular formula is C25H26N4O3. The van der Waals surface area contributed by atoms with E-state index in [2.05, 4.69) is 29.1 Å². The molecule has 0 radical (unpaired) electrons. The Morgan fingerprint density at radius 3 is 2.19 bits per heavy atom. The number of amides is 2. The molecule has 0 aliphatic rings. The number of nitrogens with zero attached hydrogens (tertiary/aromatic N) is 2. The van der Waals surface area contributed by atoms with Crippen molar-refractivity contribution < 1.29 is 14.7 Å². The molecule has 0 saturated carbocycles. The molecule has 4 N–H and O–H groups in total. The number of carbonyl (C=O) groups is 2. The highest BCUT2D eigenvalue weighted by Crippen LogP contribution is 2.26. The van der Waals surface area contributed by atoms with Crippen LogP contribution in [0.1, 0.15) is 29.8 Å². The van der Waals surface area contributed by atoms with Gasteiger partial charge in [0.05, 0.1) is 5.69 Å². The van der Waals surface area contributed by atoms with Gasteiger partial charge in [-0.1, -0.05) is 36.4 Å². The molecule has 0 spiro atoms. The van der Waals surface area contributed by atoms with E-state index in [9.17, 15) is 9.59 Å². The van der Waals surface area contributed by atoms with Crippen molar-refractivity contribution in [2.45, 2.75) is 13.8 Å². The monoisotopic (exact) mass is 430 g/mol. The molecule has 0 atom stereocenters. The quantitative estimate of drug-likeness (QED) is 0.367. The van der Waals surface area contributed by atoms with Crippen LogP contribution in [0.3, 0.4) is 0 Å². The van der Waals surface area contributed by atoms with Gasteiger partial charge in [0.25, 0.3) is 5.91 Å². The summed E-state index contributed by atoms with van der Waals surface area (Å²) in [4.78, 5) is 29.5. The first-order valence-corrected chi connectivity index (χ1v) is 10.4. The summed E-state index contributed by atoms with van der Waals surface area (Å²) in [6.45, 7) is 5.91. The smallest absolute Gasteiger partial charge is 0.433 e. The normalized spacial score (nSPS) is 11.1. The second-order valence-electron chi connectivity index (χ2n) is 7.08. The van der Waals surface area contributed by atoms with E-state index in [1.54, 1.807) is 24.3 Å². The molecule has 0 unspecified atom stereocenters. The number of rotatable bonds is 7. The Labute approximate surface area is 187 Å². The van der Waals surface area contributed by atoms with E-state index in [4.69, 9.17) is 10.8 Å². The van der Waals surface area contributed by atoms with Gasteiger partial charge in [0.2, 0.25) is 0 Å². The van der Waals surface area contributed by atoms with E-state index >= 15 is 0 Å². The number of anilines is 2. The average Bonchev–Trinajstić information content (AvgIpc) is 2.80. The molecule has 0 fully saturated rings. The van der Waals surface area contributed by atoms with Crippen LogP contribution in [0.25, 0.3) is 11.1 Å². The van der Waals surface area contributed by atoms with E-state index in [0.717, 1.165) is 29.9 Å². The van der Waals surface area contributed by atoms with Crippen LogP contribution in [0.2, 0.25) is 0 Å². The van der Waals surface area contributed by atoms with Crippen LogP contribution in [-0.4, -0.2) is 36.0 Å². The summed E-state index contributed by atoms with van der Waals surface area (Å²) in [6, 6.07) is 22.2. The zero-order chi connectivity index (χ0) is 23.1. The van der Waals surface area contributed by atoms with Crippen LogP contribution in [0.4, 0.5) is 16.2 Å². The minimum absolute atomic E-state index is 0.190. The predicted molar refractivity (Wildman–Crippen MR) is 129 cm³/mol. The van der Waals surface area contributed by atoms with Gasteiger partial charge in [0.1, 0.15) is 5.84 Å². The Bertz CT molecular complexity index is 1120. The number of hydrogen-bond donors (Lipinski definition) is 3. The van der Waals surface area contributed by atoms with Crippen LogP contribution >= 0.6 is 0 Å². The highest BCUT2D eigenvalue weighted by molar-refractivity contribution is 6.12. The lowest BCUT2D eigenvalue weighted by atomic mass is 10.0. The number of hydrogen-bond acceptors (Lipinski definition) is 3. The molecule has 3 rings (SSSR count). The maximum Gasteiger partial charge on any atom is 0.433 e. The lowest BCUT2D eigenvalue weighted by Gasteiger charge is -2.21. The number of carboxylic acid groups (broad SMARTS) is 1. The minimum Gasteiger partial charge on any atom is -0.463 e. The summed E-state index contributed by atoms with van der Waals surface area (Å²) >= 11 is 0. The number of benzene rings is 3. The van der Waals surface area contributed by atoms with Crippen LogP contribution in [0.15, 0.2) is 77.8 Å². The van der Waals surface area contributed by atoms with Crippen molar-refractivity contribution in [1.82, 2.24) is 0 Å². The van der Waals surface area contributed by atoms with E-state index in [1.165, 1.54) is 0 Å². The Morgan fingerprint density at radius 1 is 0.938 bits per heavy atom. The van der Waals surface area contributed by atoms with Gasteiger partial charge in [-0.3, -0.25) is 4.79 Å². The zero-order valence-corrected chi connectivity index (χ0v) is 18.1. The first kappa shape index (κ1) is 22.6. The fourth-order valence-corrected chi connectivity index (χ4v) is 3.45. The molecule has 0 aliphatic carbocycles. The van der Waals surface area contributed by atoms with Crippen molar-refractivity contribution in [1.29, 1.82) is 0 Å². The third kappa shape index (κ3) is 5.31. The topological polar surface area (TPSA) is 108 Å². The van der Waals surface area contributed by atoms with Gasteiger partial charge in [-0.05, 0) is 61.4 Å². The number of aliphatic imine (C=N–C) groups is 1. The molecule has 7 nitrogen and oxygen atoms in total. The van der Waals surface area contributed by atoms with Crippen molar-refractivity contribution in [3.05, 3.63) is 83.9 Å². The molecule has 3 aromatic carbocycles. The van der Waals surface area contributed by atoms with Gasteiger partial charge in [0, 0.05) is 29.9 Å². The maximum atomic E-state index is 13.0. The fraction of sp³-hybridized carbons (Fsp3) is 0.160. The average molecular weight is 431 g/mol. The summed E-state index contributed by atoms with van der Waals surface area (Å²) in [5, 5.41) is 11.8. The third-order valence-electron chi connectivity index (χ3n) is 5.13. The van der Waals surface area contributed by atoms with Crippen LogP contribution in [-0.2, 0) is 0 Å². The Hall–Kier alpha value is -4.13. The van der Waals surface area contributed by atoms with Gasteiger partial charge in [-0.2, -0.15) is 4.99 Å². The molecule has 7 heteroatoms. The number of amidine groups is 1. The first-order chi connectivity index (χ1) is 15.4. The standard InChI is InChI=1S/C25H26N4O3/c1-3-29(4-2)20-13-10-18(11-14-20)24(30)27-22-16-19(17-8-6-5-7-9-17)12-15-21(22)23(26)28-25(31)32/h5-16H,3-4H2,1-2H3,(H2,26,28)(H,27,30)(H,31,32). The SMILES string of the molecule is CCN(CC)c1ccc(C(=O)Nc2cc(-c3ccccc3)ccc2/C(N)=N/C(=O)O)cc1. The number of carbonyl (C=O) groups excluding carboxylic acids is 1. The van der Waals surface area contributed by atoms with Crippen molar-refractivity contribution in [3.63, 3.8) is 0 Å². The molecule has 164 valence electrons. The molecule has 0 heterocycles. The summed E-state index contributed by atoms with van der Waals surface area (Å²) in [7, 11) is 0. The largest absolute Gasteiger partial charge is 0.463 e. The molecule has 0 aliphatic heterocycles. The highest BCUT2D eigenvalue weighted by Gasteiger charge is 2.14. The van der Waals surface area contributed by atoms with Gasteiger partial charge < -0.3 is 21.1 Å². The second kappa shape index (κ2) is 10.3. The van der Waals surface area contributed by atoms with E-state index in [-0.39, 0.29) is 11.7 Å². The van der Waals surface area contributed by atoms with Gasteiger partial charge in [0.15, 0.2) is 0 Å². The predicted octanol–water partition coefficient (Wildman–Crippen LogP) is 4.84. The third-order valence-corrected chi connectivity index (χ3v) is 5.13. The Balaban J connectivity index is 1.95. The van der Waals surface area contributed by atoms with Crippen LogP contribution in [0.5, 0.6) is 0 Å². The van der Waals surface area contributed by atoms with Gasteiger partial charge in [-0.15, -0.1) is 0 Å². The molecule has 3 aromatic rings. The van der Waals surface area contributed by atoms with Gasteiger partial charge >= 0.3 is 6.09 Å². The van der Waals surface area contributed by atoms with Crippen LogP contribution in [0, 0.1) is 0 Å².